The van der Waals surface area contributed by atoms with Crippen molar-refractivity contribution in [3.63, 3.8) is 0 Å². The smallest absolute Gasteiger partial charge is 0.277 e. The number of hydrogen-bond donors (Lipinski definition) is 2. The van der Waals surface area contributed by atoms with E-state index in [1.807, 2.05) is 123 Å². The summed E-state index contributed by atoms with van der Waals surface area (Å²) in [5.41, 5.74) is 5.54. The van der Waals surface area contributed by atoms with E-state index in [0.29, 0.717) is 47.6 Å². The molecule has 8 heteroatoms. The van der Waals surface area contributed by atoms with Gasteiger partial charge in [0, 0.05) is 42.9 Å². The average Bonchev–Trinajstić information content (AvgIpc) is 3.16. The molecule has 4 aromatic carbocycles. The minimum absolute atomic E-state index is 0.0235. The number of benzene rings is 4. The highest BCUT2D eigenvalue weighted by molar-refractivity contribution is 6.07. The van der Waals surface area contributed by atoms with Crippen molar-refractivity contribution in [2.45, 2.75) is 46.6 Å². The van der Waals surface area contributed by atoms with E-state index in [2.05, 4.69) is 10.3 Å². The van der Waals surface area contributed by atoms with Crippen molar-refractivity contribution in [3.05, 3.63) is 160 Å². The predicted octanol–water partition coefficient (Wildman–Crippen LogP) is 7.48. The lowest BCUT2D eigenvalue weighted by atomic mass is 9.97. The van der Waals surface area contributed by atoms with Gasteiger partial charge in [0.25, 0.3) is 11.5 Å². The molecule has 0 saturated heterocycles. The Labute approximate surface area is 292 Å². The molecule has 0 spiro atoms. The molecule has 1 unspecified atom stereocenters. The lowest BCUT2D eigenvalue weighted by Gasteiger charge is -2.20. The lowest BCUT2D eigenvalue weighted by Crippen LogP contribution is -2.34. The first-order valence-corrected chi connectivity index (χ1v) is 16.8. The van der Waals surface area contributed by atoms with E-state index in [-0.39, 0.29) is 36.9 Å². The number of pyridine rings is 2. The van der Waals surface area contributed by atoms with Crippen LogP contribution in [0.1, 0.15) is 46.1 Å². The third-order valence-electron chi connectivity index (χ3n) is 8.63. The molecule has 6 aromatic rings. The first-order valence-electron chi connectivity index (χ1n) is 16.8. The number of rotatable bonds is 14. The molecule has 1 amide bonds. The van der Waals surface area contributed by atoms with Gasteiger partial charge in [-0.25, -0.2) is 0 Å². The molecule has 1 atom stereocenters. The van der Waals surface area contributed by atoms with Gasteiger partial charge in [-0.1, -0.05) is 103 Å². The summed E-state index contributed by atoms with van der Waals surface area (Å²) in [6.07, 6.45) is 2.10. The molecule has 0 radical (unpaired) electrons. The second-order valence-corrected chi connectivity index (χ2v) is 12.6. The molecule has 254 valence electrons. The molecule has 0 aliphatic carbocycles. The van der Waals surface area contributed by atoms with E-state index < -0.39 is 5.91 Å². The Morgan fingerprint density at radius 3 is 2.04 bits per heavy atom. The summed E-state index contributed by atoms with van der Waals surface area (Å²) in [7, 11) is 0. The zero-order chi connectivity index (χ0) is 34.9. The topological polar surface area (TPSA) is 103 Å². The van der Waals surface area contributed by atoms with E-state index in [1.165, 1.54) is 4.57 Å². The normalized spacial score (nSPS) is 11.7. The summed E-state index contributed by atoms with van der Waals surface area (Å²) >= 11 is 0. The van der Waals surface area contributed by atoms with Crippen LogP contribution in [0.15, 0.2) is 126 Å². The zero-order valence-electron chi connectivity index (χ0n) is 28.3. The number of amides is 1. The van der Waals surface area contributed by atoms with Crippen molar-refractivity contribution >= 4 is 16.8 Å². The van der Waals surface area contributed by atoms with Crippen molar-refractivity contribution in [2.75, 3.05) is 6.61 Å². The van der Waals surface area contributed by atoms with Gasteiger partial charge < -0.3 is 24.5 Å². The van der Waals surface area contributed by atoms with Crippen molar-refractivity contribution in [2.24, 2.45) is 5.92 Å². The third-order valence-corrected chi connectivity index (χ3v) is 8.63. The predicted molar refractivity (Wildman–Crippen MR) is 196 cm³/mol. The van der Waals surface area contributed by atoms with Gasteiger partial charge in [0.1, 0.15) is 35.9 Å². The molecule has 0 saturated carbocycles. The fraction of sp³-hybridized carbons (Fsp3) is 0.214. The summed E-state index contributed by atoms with van der Waals surface area (Å²) in [6, 6.07) is 36.9. The molecule has 8 nitrogen and oxygen atoms in total. The quantitative estimate of drug-likeness (QED) is 0.125. The van der Waals surface area contributed by atoms with Crippen molar-refractivity contribution < 1.29 is 19.4 Å². The SMILES string of the molecule is Cc1ccc(-c2c(C(=O)NCc3cc(OCc4ccccc4)cc(OCc4ccccc4)c3)n(CCC(C)CO)c(=O)c3ncccc23)cc1. The van der Waals surface area contributed by atoms with Crippen LogP contribution in [-0.4, -0.2) is 27.2 Å². The maximum Gasteiger partial charge on any atom is 0.277 e. The summed E-state index contributed by atoms with van der Waals surface area (Å²) in [6.45, 7) is 5.04. The number of nitrogens with one attached hydrogen (secondary N) is 1. The van der Waals surface area contributed by atoms with Crippen LogP contribution in [0, 0.1) is 12.8 Å². The van der Waals surface area contributed by atoms with E-state index in [1.54, 1.807) is 12.3 Å². The molecule has 2 N–H and O–H groups in total. The van der Waals surface area contributed by atoms with Crippen LogP contribution in [0.5, 0.6) is 11.5 Å². The monoisotopic (exact) mass is 667 g/mol. The van der Waals surface area contributed by atoms with Crippen LogP contribution in [0.4, 0.5) is 0 Å². The highest BCUT2D eigenvalue weighted by Crippen LogP contribution is 2.31. The minimum atomic E-state index is -0.401. The van der Waals surface area contributed by atoms with Crippen molar-refractivity contribution in [3.8, 4) is 22.6 Å². The molecule has 0 aliphatic heterocycles. The van der Waals surface area contributed by atoms with E-state index >= 15 is 0 Å². The second-order valence-electron chi connectivity index (χ2n) is 12.6. The Bertz CT molecular complexity index is 2050. The van der Waals surface area contributed by atoms with Crippen LogP contribution < -0.4 is 20.3 Å². The number of aryl methyl sites for hydroxylation is 1. The Morgan fingerprint density at radius 2 is 1.44 bits per heavy atom. The van der Waals surface area contributed by atoms with Gasteiger partial charge in [0.15, 0.2) is 0 Å². The van der Waals surface area contributed by atoms with E-state index in [4.69, 9.17) is 9.47 Å². The van der Waals surface area contributed by atoms with Gasteiger partial charge in [-0.15, -0.1) is 0 Å². The molecule has 50 heavy (non-hydrogen) atoms. The van der Waals surface area contributed by atoms with Crippen molar-refractivity contribution in [1.82, 2.24) is 14.9 Å². The Morgan fingerprint density at radius 1 is 0.820 bits per heavy atom. The van der Waals surface area contributed by atoms with E-state index in [9.17, 15) is 14.7 Å². The molecule has 2 aromatic heterocycles. The zero-order valence-corrected chi connectivity index (χ0v) is 28.3. The minimum Gasteiger partial charge on any atom is -0.489 e. The van der Waals surface area contributed by atoms with Gasteiger partial charge in [0.05, 0.1) is 0 Å². The number of aliphatic hydroxyl groups is 1. The molecule has 0 bridgehead atoms. The van der Waals surface area contributed by atoms with Gasteiger partial charge in [-0.05, 0) is 59.7 Å². The van der Waals surface area contributed by atoms with Crippen LogP contribution in [0.3, 0.4) is 0 Å². The fourth-order valence-corrected chi connectivity index (χ4v) is 5.82. The lowest BCUT2D eigenvalue weighted by molar-refractivity contribution is 0.0940. The van der Waals surface area contributed by atoms with Crippen LogP contribution in [-0.2, 0) is 26.3 Å². The fourth-order valence-electron chi connectivity index (χ4n) is 5.82. The number of nitrogens with zero attached hydrogens (tertiary/aromatic N) is 2. The number of ether oxygens (including phenoxy) is 2. The molecule has 0 aliphatic rings. The Balaban J connectivity index is 1.35. The third kappa shape index (κ3) is 8.28. The average molecular weight is 668 g/mol. The summed E-state index contributed by atoms with van der Waals surface area (Å²) in [5, 5.41) is 13.4. The number of aromatic nitrogens is 2. The second kappa shape index (κ2) is 16.1. The van der Waals surface area contributed by atoms with Gasteiger partial charge >= 0.3 is 0 Å². The van der Waals surface area contributed by atoms with Gasteiger partial charge in [0.2, 0.25) is 0 Å². The van der Waals surface area contributed by atoms with Crippen LogP contribution >= 0.6 is 0 Å². The highest BCUT2D eigenvalue weighted by Gasteiger charge is 2.24. The Kier molecular flexibility index (Phi) is 11.0. The summed E-state index contributed by atoms with van der Waals surface area (Å²) < 4.78 is 13.9. The number of aliphatic hydroxyl groups excluding tert-OH is 1. The standard InChI is InChI=1S/C42H41N3O5/c1-29-15-17-34(18-16-29)38-37-14-9-20-43-39(37)42(48)45(21-19-30(2)26-46)40(38)41(47)44-25-33-22-35(49-27-31-10-5-3-6-11-31)24-36(23-33)50-28-32-12-7-4-8-13-32/h3-18,20,22-24,30,46H,19,21,25-28H2,1-2H3,(H,44,47). The summed E-state index contributed by atoms with van der Waals surface area (Å²) in [4.78, 5) is 32.8. The largest absolute Gasteiger partial charge is 0.489 e. The van der Waals surface area contributed by atoms with Gasteiger partial charge in [-0.2, -0.15) is 0 Å². The summed E-state index contributed by atoms with van der Waals surface area (Å²) in [5.74, 6) is 0.752. The molecule has 6 rings (SSSR count). The molecule has 2 heterocycles. The Hall–Kier alpha value is -5.73. The van der Waals surface area contributed by atoms with Gasteiger partial charge in [-0.3, -0.25) is 14.6 Å². The highest BCUT2D eigenvalue weighted by atomic mass is 16.5. The number of fused-ring (bicyclic) bond motifs is 1. The van der Waals surface area contributed by atoms with Crippen LogP contribution in [0.2, 0.25) is 0 Å². The molecular weight excluding hydrogens is 626 g/mol. The first kappa shape index (κ1) is 34.1. The maximum absolute atomic E-state index is 14.4. The van der Waals surface area contributed by atoms with Crippen LogP contribution in [0.25, 0.3) is 22.0 Å². The maximum atomic E-state index is 14.4. The van der Waals surface area contributed by atoms with Crippen molar-refractivity contribution in [1.29, 1.82) is 0 Å². The number of hydrogen-bond acceptors (Lipinski definition) is 6. The first-order chi connectivity index (χ1) is 24.4. The molecular formula is C42H41N3O5. The number of carbonyl (C=O) groups excluding carboxylic acids is 1. The van der Waals surface area contributed by atoms with E-state index in [0.717, 1.165) is 27.8 Å². The number of carbonyl (C=O) groups is 1. The molecule has 0 fully saturated rings.